The van der Waals surface area contributed by atoms with E-state index in [0.717, 1.165) is 37.1 Å². The Morgan fingerprint density at radius 2 is 1.76 bits per heavy atom. The molecule has 0 spiro atoms. The molecule has 2 aromatic carbocycles. The van der Waals surface area contributed by atoms with E-state index in [1.54, 1.807) is 6.20 Å². The third kappa shape index (κ3) is 5.47. The Bertz CT molecular complexity index is 969. The van der Waals surface area contributed by atoms with Gasteiger partial charge in [-0.25, -0.2) is 4.98 Å². The van der Waals surface area contributed by atoms with Crippen LogP contribution in [0.5, 0.6) is 0 Å². The van der Waals surface area contributed by atoms with E-state index in [-0.39, 0.29) is 12.2 Å². The quantitative estimate of drug-likeness (QED) is 0.522. The summed E-state index contributed by atoms with van der Waals surface area (Å²) < 4.78 is 0. The van der Waals surface area contributed by atoms with Gasteiger partial charge < -0.3 is 16.8 Å². The van der Waals surface area contributed by atoms with Gasteiger partial charge in [0, 0.05) is 25.2 Å². The first kappa shape index (κ1) is 20.6. The van der Waals surface area contributed by atoms with Gasteiger partial charge in [-0.1, -0.05) is 55.8 Å². The summed E-state index contributed by atoms with van der Waals surface area (Å²) in [5.74, 6) is -0.623. The molecule has 0 aliphatic rings. The molecule has 0 aliphatic carbocycles. The molecule has 0 unspecified atom stereocenters. The molecular formula is C23H27N5O. The molecule has 0 aliphatic heterocycles. The lowest BCUT2D eigenvalue weighted by Crippen LogP contribution is -2.19. The fourth-order valence-electron chi connectivity index (χ4n) is 3.20. The molecular weight excluding hydrogens is 362 g/mol. The Kier molecular flexibility index (Phi) is 7.05. The van der Waals surface area contributed by atoms with Gasteiger partial charge in [-0.3, -0.25) is 9.78 Å². The summed E-state index contributed by atoms with van der Waals surface area (Å²) in [6.07, 6.45) is 3.90. The van der Waals surface area contributed by atoms with E-state index < -0.39 is 5.91 Å². The lowest BCUT2D eigenvalue weighted by molar-refractivity contribution is 0.0994. The van der Waals surface area contributed by atoms with Gasteiger partial charge in [0.25, 0.3) is 5.91 Å². The monoisotopic (exact) mass is 389 g/mol. The van der Waals surface area contributed by atoms with Crippen LogP contribution >= 0.6 is 0 Å². The summed E-state index contributed by atoms with van der Waals surface area (Å²) in [5.41, 5.74) is 16.8. The van der Waals surface area contributed by atoms with E-state index >= 15 is 0 Å². The number of carbonyl (C=O) groups excluding carboxylic acids is 1. The van der Waals surface area contributed by atoms with E-state index in [4.69, 9.17) is 11.5 Å². The molecule has 3 aromatic rings. The second kappa shape index (κ2) is 9.91. The molecule has 0 saturated heterocycles. The molecule has 0 atom stereocenters. The van der Waals surface area contributed by atoms with E-state index in [1.807, 2.05) is 18.2 Å². The van der Waals surface area contributed by atoms with Gasteiger partial charge in [0.1, 0.15) is 0 Å². The van der Waals surface area contributed by atoms with Gasteiger partial charge in [0.2, 0.25) is 0 Å². The maximum atomic E-state index is 11.6. The number of aryl methyl sites for hydroxylation is 1. The highest BCUT2D eigenvalue weighted by Crippen LogP contribution is 2.19. The zero-order valence-electron chi connectivity index (χ0n) is 16.7. The predicted octanol–water partition coefficient (Wildman–Crippen LogP) is 2.94. The molecule has 0 bridgehead atoms. The number of hydrogen-bond acceptors (Lipinski definition) is 5. The number of nitrogens with zero attached hydrogens (tertiary/aromatic N) is 2. The lowest BCUT2D eigenvalue weighted by Gasteiger charge is -2.09. The van der Waals surface area contributed by atoms with Crippen LogP contribution in [0.4, 0.5) is 0 Å². The summed E-state index contributed by atoms with van der Waals surface area (Å²) in [6, 6.07) is 16.7. The molecule has 6 nitrogen and oxygen atoms in total. The highest BCUT2D eigenvalue weighted by Gasteiger charge is 2.12. The van der Waals surface area contributed by atoms with Crippen molar-refractivity contribution in [1.82, 2.24) is 15.3 Å². The van der Waals surface area contributed by atoms with Crippen molar-refractivity contribution in [2.75, 3.05) is 0 Å². The molecule has 6 heteroatoms. The minimum Gasteiger partial charge on any atom is -0.364 e. The molecule has 5 N–H and O–H groups in total. The average molecular weight is 390 g/mol. The Balaban J connectivity index is 1.67. The van der Waals surface area contributed by atoms with Crippen molar-refractivity contribution in [3.63, 3.8) is 0 Å². The van der Waals surface area contributed by atoms with Crippen LogP contribution in [0.1, 0.15) is 46.2 Å². The van der Waals surface area contributed by atoms with Gasteiger partial charge in [-0.15, -0.1) is 0 Å². The molecule has 0 radical (unpaired) electrons. The fourth-order valence-corrected chi connectivity index (χ4v) is 3.20. The number of amides is 1. The number of carbonyl (C=O) groups is 1. The zero-order chi connectivity index (χ0) is 20.6. The van der Waals surface area contributed by atoms with Crippen molar-refractivity contribution < 1.29 is 4.79 Å². The Labute approximate surface area is 171 Å². The first-order chi connectivity index (χ1) is 14.1. The van der Waals surface area contributed by atoms with Crippen molar-refractivity contribution in [3.05, 3.63) is 82.8 Å². The molecule has 1 heterocycles. The van der Waals surface area contributed by atoms with E-state index in [9.17, 15) is 4.79 Å². The summed E-state index contributed by atoms with van der Waals surface area (Å²) in [4.78, 5) is 20.2. The molecule has 1 amide bonds. The second-order valence-electron chi connectivity index (χ2n) is 6.99. The standard InChI is InChI=1S/C23H27N5O/c1-2-4-16-7-9-17(10-8-16)13-26-14-18-5-3-6-19(11-18)21-15-27-20(12-24)22(28-21)23(25)29/h3,5-11,15,26H,2,4,12-14,24H2,1H3,(H2,25,29). The van der Waals surface area contributed by atoms with Crippen LogP contribution in [0, 0.1) is 0 Å². The maximum Gasteiger partial charge on any atom is 0.269 e. The second-order valence-corrected chi connectivity index (χ2v) is 6.99. The van der Waals surface area contributed by atoms with Crippen LogP contribution < -0.4 is 16.8 Å². The van der Waals surface area contributed by atoms with Crippen molar-refractivity contribution in [1.29, 1.82) is 0 Å². The summed E-state index contributed by atoms with van der Waals surface area (Å²) in [7, 11) is 0. The van der Waals surface area contributed by atoms with Crippen LogP contribution in [0.15, 0.2) is 54.7 Å². The Morgan fingerprint density at radius 1 is 1.03 bits per heavy atom. The third-order valence-electron chi connectivity index (χ3n) is 4.72. The number of aromatic nitrogens is 2. The van der Waals surface area contributed by atoms with Gasteiger partial charge >= 0.3 is 0 Å². The minimum atomic E-state index is -0.623. The third-order valence-corrected chi connectivity index (χ3v) is 4.72. The minimum absolute atomic E-state index is 0.120. The van der Waals surface area contributed by atoms with Gasteiger partial charge in [-0.05, 0) is 29.2 Å². The Hall–Kier alpha value is -3.09. The highest BCUT2D eigenvalue weighted by atomic mass is 16.1. The molecule has 1 aromatic heterocycles. The van der Waals surface area contributed by atoms with Gasteiger partial charge in [-0.2, -0.15) is 0 Å². The van der Waals surface area contributed by atoms with Crippen molar-refractivity contribution in [3.8, 4) is 11.3 Å². The predicted molar refractivity (Wildman–Crippen MR) is 115 cm³/mol. The maximum absolute atomic E-state index is 11.6. The van der Waals surface area contributed by atoms with E-state index in [1.165, 1.54) is 11.1 Å². The number of primary amides is 1. The van der Waals surface area contributed by atoms with Crippen LogP contribution in [-0.4, -0.2) is 15.9 Å². The molecule has 3 rings (SSSR count). The van der Waals surface area contributed by atoms with Gasteiger partial charge in [0.05, 0.1) is 17.6 Å². The molecule has 0 saturated carbocycles. The zero-order valence-corrected chi connectivity index (χ0v) is 16.7. The summed E-state index contributed by atoms with van der Waals surface area (Å²) in [6.45, 7) is 3.83. The van der Waals surface area contributed by atoms with E-state index in [0.29, 0.717) is 11.4 Å². The average Bonchev–Trinajstić information content (AvgIpc) is 2.75. The number of nitrogens with one attached hydrogen (secondary N) is 1. The van der Waals surface area contributed by atoms with Crippen molar-refractivity contribution >= 4 is 5.91 Å². The van der Waals surface area contributed by atoms with Crippen molar-refractivity contribution in [2.24, 2.45) is 11.5 Å². The number of rotatable bonds is 9. The molecule has 0 fully saturated rings. The largest absolute Gasteiger partial charge is 0.364 e. The molecule has 150 valence electrons. The topological polar surface area (TPSA) is 107 Å². The fraction of sp³-hybridized carbons (Fsp3) is 0.261. The van der Waals surface area contributed by atoms with Crippen LogP contribution in [-0.2, 0) is 26.1 Å². The first-order valence-electron chi connectivity index (χ1n) is 9.84. The number of hydrogen-bond donors (Lipinski definition) is 3. The van der Waals surface area contributed by atoms with Crippen LogP contribution in [0.2, 0.25) is 0 Å². The van der Waals surface area contributed by atoms with Crippen molar-refractivity contribution in [2.45, 2.75) is 39.4 Å². The van der Waals surface area contributed by atoms with Crippen LogP contribution in [0.3, 0.4) is 0 Å². The summed E-state index contributed by atoms with van der Waals surface area (Å²) >= 11 is 0. The lowest BCUT2D eigenvalue weighted by atomic mass is 10.1. The number of nitrogens with two attached hydrogens (primary N) is 2. The molecule has 29 heavy (non-hydrogen) atoms. The van der Waals surface area contributed by atoms with Gasteiger partial charge in [0.15, 0.2) is 5.69 Å². The first-order valence-corrected chi connectivity index (χ1v) is 9.84. The smallest absolute Gasteiger partial charge is 0.269 e. The number of benzene rings is 2. The van der Waals surface area contributed by atoms with E-state index in [2.05, 4.69) is 52.5 Å². The Morgan fingerprint density at radius 3 is 2.45 bits per heavy atom. The van der Waals surface area contributed by atoms with Crippen LogP contribution in [0.25, 0.3) is 11.3 Å². The highest BCUT2D eigenvalue weighted by molar-refractivity contribution is 5.92. The summed E-state index contributed by atoms with van der Waals surface area (Å²) in [5, 5.41) is 3.47. The SMILES string of the molecule is CCCc1ccc(CNCc2cccc(-c3cnc(CN)c(C(N)=O)n3)c2)cc1. The normalized spacial score (nSPS) is 10.8.